The first kappa shape index (κ1) is 17.6. The molecule has 1 fully saturated rings. The number of benzene rings is 1. The third kappa shape index (κ3) is 4.38. The molecule has 5 nitrogen and oxygen atoms in total. The molecule has 1 heterocycles. The molecule has 0 aromatic heterocycles. The van der Waals surface area contributed by atoms with E-state index < -0.39 is 0 Å². The van der Waals surface area contributed by atoms with Crippen LogP contribution in [0.4, 0.5) is 0 Å². The summed E-state index contributed by atoms with van der Waals surface area (Å²) < 4.78 is 16.3. The fraction of sp³-hybridized carbons (Fsp3) is 0.611. The standard InChI is InChI=1S/C18H27NO4/c1-18(2,3)16-12(6-7-23-16)11-19-17(20)13-8-14(21-4)10-15(9-13)22-5/h8-10,12,16H,6-7,11H2,1-5H3,(H,19,20)/t12-,16+/m1/s1. The van der Waals surface area contributed by atoms with Gasteiger partial charge in [-0.25, -0.2) is 0 Å². The van der Waals surface area contributed by atoms with E-state index in [1.54, 1.807) is 32.4 Å². The Morgan fingerprint density at radius 2 is 1.83 bits per heavy atom. The zero-order valence-electron chi connectivity index (χ0n) is 14.6. The fourth-order valence-electron chi connectivity index (χ4n) is 3.06. The van der Waals surface area contributed by atoms with Gasteiger partial charge >= 0.3 is 0 Å². The number of ether oxygens (including phenoxy) is 3. The van der Waals surface area contributed by atoms with Gasteiger partial charge in [0.15, 0.2) is 0 Å². The maximum Gasteiger partial charge on any atom is 0.251 e. The van der Waals surface area contributed by atoms with Crippen molar-refractivity contribution in [3.8, 4) is 11.5 Å². The quantitative estimate of drug-likeness (QED) is 0.906. The summed E-state index contributed by atoms with van der Waals surface area (Å²) in [6.45, 7) is 7.88. The molecule has 0 unspecified atom stereocenters. The highest BCUT2D eigenvalue weighted by Crippen LogP contribution is 2.34. The summed E-state index contributed by atoms with van der Waals surface area (Å²) in [5, 5.41) is 3.02. The van der Waals surface area contributed by atoms with Gasteiger partial charge in [-0.05, 0) is 24.0 Å². The molecule has 1 aliphatic rings. The van der Waals surface area contributed by atoms with E-state index in [-0.39, 0.29) is 17.4 Å². The minimum Gasteiger partial charge on any atom is -0.497 e. The average molecular weight is 321 g/mol. The molecule has 128 valence electrons. The van der Waals surface area contributed by atoms with Crippen molar-refractivity contribution in [1.82, 2.24) is 5.32 Å². The van der Waals surface area contributed by atoms with Crippen molar-refractivity contribution in [2.75, 3.05) is 27.4 Å². The van der Waals surface area contributed by atoms with Gasteiger partial charge in [-0.1, -0.05) is 20.8 Å². The first-order valence-corrected chi connectivity index (χ1v) is 7.98. The highest BCUT2D eigenvalue weighted by Gasteiger charge is 2.37. The van der Waals surface area contributed by atoms with E-state index in [2.05, 4.69) is 26.1 Å². The molecular weight excluding hydrogens is 294 g/mol. The lowest BCUT2D eigenvalue weighted by Gasteiger charge is -2.31. The Labute approximate surface area is 138 Å². The lowest BCUT2D eigenvalue weighted by atomic mass is 9.81. The maximum atomic E-state index is 12.4. The molecular formula is C18H27NO4. The summed E-state index contributed by atoms with van der Waals surface area (Å²) in [6.07, 6.45) is 1.14. The topological polar surface area (TPSA) is 56.8 Å². The lowest BCUT2D eigenvalue weighted by molar-refractivity contribution is 0.00737. The monoisotopic (exact) mass is 321 g/mol. The smallest absolute Gasteiger partial charge is 0.251 e. The highest BCUT2D eigenvalue weighted by molar-refractivity contribution is 5.95. The largest absolute Gasteiger partial charge is 0.497 e. The van der Waals surface area contributed by atoms with Crippen molar-refractivity contribution < 1.29 is 19.0 Å². The van der Waals surface area contributed by atoms with Crippen LogP contribution >= 0.6 is 0 Å². The molecule has 0 saturated carbocycles. The number of hydrogen-bond acceptors (Lipinski definition) is 4. The Morgan fingerprint density at radius 1 is 1.22 bits per heavy atom. The van der Waals surface area contributed by atoms with E-state index in [9.17, 15) is 4.79 Å². The number of nitrogens with one attached hydrogen (secondary N) is 1. The molecule has 0 radical (unpaired) electrons. The predicted octanol–water partition coefficient (Wildman–Crippen LogP) is 2.88. The molecule has 23 heavy (non-hydrogen) atoms. The van der Waals surface area contributed by atoms with Gasteiger partial charge in [-0.15, -0.1) is 0 Å². The molecule has 1 aromatic carbocycles. The van der Waals surface area contributed by atoms with E-state index in [4.69, 9.17) is 14.2 Å². The Morgan fingerprint density at radius 3 is 2.35 bits per heavy atom. The van der Waals surface area contributed by atoms with Crippen molar-refractivity contribution >= 4 is 5.91 Å². The van der Waals surface area contributed by atoms with Gasteiger partial charge in [0.1, 0.15) is 11.5 Å². The number of amides is 1. The van der Waals surface area contributed by atoms with Gasteiger partial charge in [0, 0.05) is 30.7 Å². The highest BCUT2D eigenvalue weighted by atomic mass is 16.5. The van der Waals surface area contributed by atoms with Gasteiger partial charge in [0.25, 0.3) is 5.91 Å². The zero-order valence-corrected chi connectivity index (χ0v) is 14.6. The molecule has 1 amide bonds. The fourth-order valence-corrected chi connectivity index (χ4v) is 3.06. The minimum absolute atomic E-state index is 0.0745. The van der Waals surface area contributed by atoms with Gasteiger partial charge in [-0.3, -0.25) is 4.79 Å². The number of rotatable bonds is 5. The Balaban J connectivity index is 2.02. The van der Waals surface area contributed by atoms with E-state index in [0.29, 0.717) is 29.5 Å². The molecule has 0 bridgehead atoms. The SMILES string of the molecule is COc1cc(OC)cc(C(=O)NC[C@H]2CCO[C@@H]2C(C)(C)C)c1. The van der Waals surface area contributed by atoms with Gasteiger partial charge in [-0.2, -0.15) is 0 Å². The molecule has 1 aliphatic heterocycles. The van der Waals surface area contributed by atoms with E-state index >= 15 is 0 Å². The Kier molecular flexibility index (Phi) is 5.52. The van der Waals surface area contributed by atoms with Crippen LogP contribution in [0.25, 0.3) is 0 Å². The molecule has 1 saturated heterocycles. The summed E-state index contributed by atoms with van der Waals surface area (Å²) >= 11 is 0. The number of hydrogen-bond donors (Lipinski definition) is 1. The van der Waals surface area contributed by atoms with Crippen molar-refractivity contribution in [2.24, 2.45) is 11.3 Å². The summed E-state index contributed by atoms with van der Waals surface area (Å²) in [7, 11) is 3.14. The van der Waals surface area contributed by atoms with Gasteiger partial charge in [0.2, 0.25) is 0 Å². The zero-order chi connectivity index (χ0) is 17.0. The van der Waals surface area contributed by atoms with Gasteiger partial charge < -0.3 is 19.5 Å². The second-order valence-corrected chi connectivity index (χ2v) is 7.02. The Hall–Kier alpha value is -1.75. The molecule has 2 atom stereocenters. The van der Waals surface area contributed by atoms with Crippen LogP contribution in [-0.4, -0.2) is 39.4 Å². The minimum atomic E-state index is -0.123. The second-order valence-electron chi connectivity index (χ2n) is 7.02. The van der Waals surface area contributed by atoms with Crippen LogP contribution in [0.2, 0.25) is 0 Å². The van der Waals surface area contributed by atoms with Crippen molar-refractivity contribution in [3.05, 3.63) is 23.8 Å². The van der Waals surface area contributed by atoms with Crippen molar-refractivity contribution in [2.45, 2.75) is 33.3 Å². The van der Waals surface area contributed by atoms with Crippen LogP contribution in [0.15, 0.2) is 18.2 Å². The molecule has 0 aliphatic carbocycles. The van der Waals surface area contributed by atoms with Crippen LogP contribution in [-0.2, 0) is 4.74 Å². The van der Waals surface area contributed by atoms with Crippen molar-refractivity contribution in [3.63, 3.8) is 0 Å². The van der Waals surface area contributed by atoms with Crippen LogP contribution < -0.4 is 14.8 Å². The van der Waals surface area contributed by atoms with Gasteiger partial charge in [0.05, 0.1) is 20.3 Å². The van der Waals surface area contributed by atoms with Crippen LogP contribution in [0, 0.1) is 11.3 Å². The predicted molar refractivity (Wildman–Crippen MR) is 89.2 cm³/mol. The first-order chi connectivity index (χ1) is 10.8. The van der Waals surface area contributed by atoms with E-state index in [1.165, 1.54) is 0 Å². The maximum absolute atomic E-state index is 12.4. The Bertz CT molecular complexity index is 528. The molecule has 0 spiro atoms. The lowest BCUT2D eigenvalue weighted by Crippen LogP contribution is -2.38. The van der Waals surface area contributed by atoms with Crippen LogP contribution in [0.5, 0.6) is 11.5 Å². The molecule has 1 aromatic rings. The molecule has 2 rings (SSSR count). The second kappa shape index (κ2) is 7.21. The molecule has 1 N–H and O–H groups in total. The molecule has 5 heteroatoms. The van der Waals surface area contributed by atoms with E-state index in [1.807, 2.05) is 0 Å². The number of carbonyl (C=O) groups is 1. The van der Waals surface area contributed by atoms with Crippen LogP contribution in [0.3, 0.4) is 0 Å². The first-order valence-electron chi connectivity index (χ1n) is 7.98. The van der Waals surface area contributed by atoms with E-state index in [0.717, 1.165) is 13.0 Å². The summed E-state index contributed by atoms with van der Waals surface area (Å²) in [4.78, 5) is 12.4. The summed E-state index contributed by atoms with van der Waals surface area (Å²) in [5.74, 6) is 1.42. The number of methoxy groups -OCH3 is 2. The third-order valence-corrected chi connectivity index (χ3v) is 4.21. The summed E-state index contributed by atoms with van der Waals surface area (Å²) in [6, 6.07) is 5.17. The third-order valence-electron chi connectivity index (χ3n) is 4.21. The normalized spacial score (nSPS) is 21.1. The summed E-state index contributed by atoms with van der Waals surface area (Å²) in [5.41, 5.74) is 0.609. The number of carbonyl (C=O) groups excluding carboxylic acids is 1. The average Bonchev–Trinajstić information content (AvgIpc) is 3.00. The van der Waals surface area contributed by atoms with Crippen LogP contribution in [0.1, 0.15) is 37.6 Å². The van der Waals surface area contributed by atoms with Crippen molar-refractivity contribution in [1.29, 1.82) is 0 Å².